The molecule has 2 N–H and O–H groups in total. The number of H-pyrrole nitrogens is 1. The van der Waals surface area contributed by atoms with Crippen molar-refractivity contribution in [2.75, 3.05) is 6.61 Å². The van der Waals surface area contributed by atoms with Gasteiger partial charge >= 0.3 is 0 Å². The van der Waals surface area contributed by atoms with Gasteiger partial charge < -0.3 is 19.6 Å². The molecule has 7 heteroatoms. The maximum atomic E-state index is 12.4. The topological polar surface area (TPSA) is 89.0 Å². The number of aromatic nitrogens is 3. The third-order valence-electron chi connectivity index (χ3n) is 3.94. The number of benzene rings is 1. The van der Waals surface area contributed by atoms with Gasteiger partial charge in [-0.25, -0.2) is 4.98 Å². The molecule has 0 bridgehead atoms. The second-order valence-corrected chi connectivity index (χ2v) is 5.94. The normalized spacial score (nSPS) is 11.8. The van der Waals surface area contributed by atoms with Crippen LogP contribution in [0.15, 0.2) is 59.8 Å². The van der Waals surface area contributed by atoms with Crippen molar-refractivity contribution in [3.63, 3.8) is 0 Å². The molecule has 1 atom stereocenters. The number of hydrogen-bond donors (Lipinski definition) is 2. The van der Waals surface area contributed by atoms with Crippen LogP contribution < -0.4 is 15.5 Å². The summed E-state index contributed by atoms with van der Waals surface area (Å²) in [7, 11) is 1.87. The van der Waals surface area contributed by atoms with E-state index in [0.29, 0.717) is 5.82 Å². The number of ether oxygens (including phenoxy) is 1. The molecule has 7 nitrogen and oxygen atoms in total. The van der Waals surface area contributed by atoms with Crippen molar-refractivity contribution < 1.29 is 9.53 Å². The Morgan fingerprint density at radius 1 is 1.35 bits per heavy atom. The van der Waals surface area contributed by atoms with Crippen LogP contribution in [0.3, 0.4) is 0 Å². The number of amides is 1. The summed E-state index contributed by atoms with van der Waals surface area (Å²) in [5.41, 5.74) is 1.37. The molecule has 0 spiro atoms. The molecule has 0 aliphatic carbocycles. The van der Waals surface area contributed by atoms with Crippen molar-refractivity contribution in [1.29, 1.82) is 0 Å². The minimum atomic E-state index is -0.413. The molecule has 3 aromatic rings. The molecule has 3 rings (SSSR count). The highest BCUT2D eigenvalue weighted by atomic mass is 16.5. The van der Waals surface area contributed by atoms with Crippen molar-refractivity contribution >= 4 is 5.91 Å². The lowest BCUT2D eigenvalue weighted by atomic mass is 10.1. The summed E-state index contributed by atoms with van der Waals surface area (Å²) in [4.78, 5) is 31.5. The SMILES string of the molecule is Cc1cc(=O)c(OCC(=O)N[C@@H](c2ccccc2)c2nccn2C)c[nH]1. The molecule has 0 aliphatic rings. The minimum Gasteiger partial charge on any atom is -0.478 e. The van der Waals surface area contributed by atoms with Crippen molar-refractivity contribution in [3.05, 3.63) is 82.3 Å². The molecule has 0 radical (unpaired) electrons. The fourth-order valence-corrected chi connectivity index (χ4v) is 2.62. The molecule has 1 aromatic carbocycles. The fraction of sp³-hybridized carbons (Fsp3) is 0.211. The van der Waals surface area contributed by atoms with Gasteiger partial charge in [0, 0.05) is 37.4 Å². The first-order valence-corrected chi connectivity index (χ1v) is 8.18. The van der Waals surface area contributed by atoms with Gasteiger partial charge in [-0.1, -0.05) is 30.3 Å². The maximum Gasteiger partial charge on any atom is 0.258 e. The van der Waals surface area contributed by atoms with E-state index in [9.17, 15) is 9.59 Å². The van der Waals surface area contributed by atoms with Gasteiger partial charge in [0.25, 0.3) is 5.91 Å². The third kappa shape index (κ3) is 4.00. The lowest BCUT2D eigenvalue weighted by Gasteiger charge is -2.19. The number of carbonyl (C=O) groups is 1. The molecule has 1 amide bonds. The summed E-state index contributed by atoms with van der Waals surface area (Å²) < 4.78 is 7.21. The van der Waals surface area contributed by atoms with Crippen molar-refractivity contribution in [1.82, 2.24) is 19.9 Å². The zero-order chi connectivity index (χ0) is 18.5. The Kier molecular flexibility index (Phi) is 5.17. The minimum absolute atomic E-state index is 0.110. The summed E-state index contributed by atoms with van der Waals surface area (Å²) >= 11 is 0. The van der Waals surface area contributed by atoms with E-state index in [4.69, 9.17) is 4.74 Å². The first kappa shape index (κ1) is 17.5. The van der Waals surface area contributed by atoms with Crippen LogP contribution >= 0.6 is 0 Å². The van der Waals surface area contributed by atoms with Crippen LogP contribution in [0.4, 0.5) is 0 Å². The number of aryl methyl sites for hydroxylation is 2. The van der Waals surface area contributed by atoms with E-state index >= 15 is 0 Å². The Bertz CT molecular complexity index is 947. The van der Waals surface area contributed by atoms with E-state index in [-0.39, 0.29) is 23.7 Å². The molecule has 0 aliphatic heterocycles. The van der Waals surface area contributed by atoms with Crippen LogP contribution in [0.1, 0.15) is 23.1 Å². The van der Waals surface area contributed by atoms with E-state index in [1.807, 2.05) is 48.1 Å². The maximum absolute atomic E-state index is 12.4. The van der Waals surface area contributed by atoms with Crippen molar-refractivity contribution in [2.45, 2.75) is 13.0 Å². The predicted octanol–water partition coefficient (Wildman–Crippen LogP) is 1.70. The number of imidazole rings is 1. The van der Waals surface area contributed by atoms with Gasteiger partial charge in [-0.05, 0) is 12.5 Å². The van der Waals surface area contributed by atoms with Crippen molar-refractivity contribution in [3.8, 4) is 5.75 Å². The van der Waals surface area contributed by atoms with Crippen LogP contribution in [-0.2, 0) is 11.8 Å². The van der Waals surface area contributed by atoms with E-state index in [0.717, 1.165) is 11.3 Å². The zero-order valence-electron chi connectivity index (χ0n) is 14.6. The first-order chi connectivity index (χ1) is 12.5. The van der Waals surface area contributed by atoms with E-state index < -0.39 is 6.04 Å². The van der Waals surface area contributed by atoms with Gasteiger partial charge in [0.05, 0.1) is 0 Å². The van der Waals surface area contributed by atoms with Crippen LogP contribution in [0.5, 0.6) is 5.75 Å². The molecule has 2 aromatic heterocycles. The fourth-order valence-electron chi connectivity index (χ4n) is 2.62. The van der Waals surface area contributed by atoms with Gasteiger partial charge in [-0.2, -0.15) is 0 Å². The second kappa shape index (κ2) is 7.69. The molecule has 134 valence electrons. The highest BCUT2D eigenvalue weighted by molar-refractivity contribution is 5.78. The average molecular weight is 352 g/mol. The Balaban J connectivity index is 1.73. The molecular formula is C19H20N4O3. The largest absolute Gasteiger partial charge is 0.478 e. The highest BCUT2D eigenvalue weighted by Gasteiger charge is 2.20. The van der Waals surface area contributed by atoms with Gasteiger partial charge in [0.1, 0.15) is 11.9 Å². The van der Waals surface area contributed by atoms with Gasteiger partial charge in [-0.15, -0.1) is 0 Å². The molecule has 26 heavy (non-hydrogen) atoms. The summed E-state index contributed by atoms with van der Waals surface area (Å²) in [6, 6.07) is 10.6. The quantitative estimate of drug-likeness (QED) is 0.707. The number of nitrogens with zero attached hydrogens (tertiary/aromatic N) is 2. The molecule has 0 saturated heterocycles. The molecular weight excluding hydrogens is 332 g/mol. The summed E-state index contributed by atoms with van der Waals surface area (Å²) in [6.07, 6.45) is 4.96. The summed E-state index contributed by atoms with van der Waals surface area (Å²) in [5.74, 6) is 0.471. The van der Waals surface area contributed by atoms with E-state index in [2.05, 4.69) is 15.3 Å². The van der Waals surface area contributed by atoms with Crippen LogP contribution in [-0.4, -0.2) is 27.0 Å². The Hall–Kier alpha value is -3.35. The monoisotopic (exact) mass is 352 g/mol. The molecule has 0 fully saturated rings. The lowest BCUT2D eigenvalue weighted by Crippen LogP contribution is -2.35. The van der Waals surface area contributed by atoms with Crippen LogP contribution in [0.2, 0.25) is 0 Å². The summed E-state index contributed by atoms with van der Waals surface area (Å²) in [5, 5.41) is 2.92. The number of rotatable bonds is 6. The highest BCUT2D eigenvalue weighted by Crippen LogP contribution is 2.20. The average Bonchev–Trinajstić information content (AvgIpc) is 3.05. The first-order valence-electron chi connectivity index (χ1n) is 8.18. The molecule has 2 heterocycles. The standard InChI is InChI=1S/C19H20N4O3/c1-13-10-15(24)16(11-21-13)26-12-17(25)22-18(14-6-4-3-5-7-14)19-20-8-9-23(19)2/h3-11,18H,12H2,1-2H3,(H,21,24)(H,22,25)/t18-/m0/s1. The Morgan fingerprint density at radius 2 is 2.12 bits per heavy atom. The number of nitrogens with one attached hydrogen (secondary N) is 2. The smallest absolute Gasteiger partial charge is 0.258 e. The Labute approximate surface area is 150 Å². The predicted molar refractivity (Wildman–Crippen MR) is 96.9 cm³/mol. The number of aromatic amines is 1. The molecule has 0 saturated carbocycles. The lowest BCUT2D eigenvalue weighted by molar-refractivity contribution is -0.123. The van der Waals surface area contributed by atoms with Crippen LogP contribution in [0, 0.1) is 6.92 Å². The number of pyridine rings is 1. The number of carbonyl (C=O) groups excluding carboxylic acids is 1. The van der Waals surface area contributed by atoms with E-state index in [1.165, 1.54) is 12.3 Å². The van der Waals surface area contributed by atoms with Gasteiger partial charge in [0.15, 0.2) is 12.4 Å². The second-order valence-electron chi connectivity index (χ2n) is 5.94. The van der Waals surface area contributed by atoms with Crippen molar-refractivity contribution in [2.24, 2.45) is 7.05 Å². The van der Waals surface area contributed by atoms with Gasteiger partial charge in [0.2, 0.25) is 5.43 Å². The summed E-state index contributed by atoms with van der Waals surface area (Å²) in [6.45, 7) is 1.51. The Morgan fingerprint density at radius 3 is 2.77 bits per heavy atom. The number of hydrogen-bond acceptors (Lipinski definition) is 4. The molecule has 0 unspecified atom stereocenters. The third-order valence-corrected chi connectivity index (χ3v) is 3.94. The van der Waals surface area contributed by atoms with E-state index in [1.54, 1.807) is 13.1 Å². The van der Waals surface area contributed by atoms with Crippen LogP contribution in [0.25, 0.3) is 0 Å². The van der Waals surface area contributed by atoms with Gasteiger partial charge in [-0.3, -0.25) is 9.59 Å². The zero-order valence-corrected chi connectivity index (χ0v) is 14.6.